The second kappa shape index (κ2) is 33.7. The maximum atomic E-state index is 9.63. The van der Waals surface area contributed by atoms with Crippen molar-refractivity contribution in [1.29, 1.82) is 0 Å². The summed E-state index contributed by atoms with van der Waals surface area (Å²) in [4.78, 5) is 3.44. The summed E-state index contributed by atoms with van der Waals surface area (Å²) in [6.45, 7) is 13.6. The number of hydrogen-bond acceptors (Lipinski definition) is 0. The van der Waals surface area contributed by atoms with Crippen molar-refractivity contribution >= 4 is 11.4 Å². The van der Waals surface area contributed by atoms with E-state index in [-0.39, 0.29) is 0 Å². The predicted octanol–water partition coefficient (Wildman–Crippen LogP) is 16.0. The second-order valence-corrected chi connectivity index (χ2v) is 15.8. The van der Waals surface area contributed by atoms with Gasteiger partial charge in [-0.2, -0.15) is 0 Å². The molecule has 0 bridgehead atoms. The summed E-state index contributed by atoms with van der Waals surface area (Å²) in [5, 5.41) is 2.81. The molecule has 2 rings (SSSR count). The van der Waals surface area contributed by atoms with Crippen LogP contribution >= 0.6 is 0 Å². The Morgan fingerprint density at radius 1 is 0.529 bits per heavy atom. The van der Waals surface area contributed by atoms with Crippen LogP contribution in [0.15, 0.2) is 59.7 Å². The van der Waals surface area contributed by atoms with Crippen LogP contribution in [0.4, 0.5) is 0 Å². The third kappa shape index (κ3) is 22.5. The average molecular weight is 742 g/mol. The van der Waals surface area contributed by atoms with Gasteiger partial charge < -0.3 is 5.53 Å². The Labute approximate surface area is 323 Å². The van der Waals surface area contributed by atoms with Crippen molar-refractivity contribution in [2.45, 2.75) is 206 Å². The van der Waals surface area contributed by atoms with E-state index in [0.717, 1.165) is 50.5 Å². The van der Waals surface area contributed by atoms with Crippen LogP contribution in [0.1, 0.15) is 205 Å². The van der Waals surface area contributed by atoms with Crippen LogP contribution in [-0.2, 0) is 27.3 Å². The fraction of sp³-hybridized carbons (Fsp3) is 0.667. The number of unbranched alkanes of at least 4 members (excludes halogenated alkanes) is 14. The van der Waals surface area contributed by atoms with Gasteiger partial charge in [-0.1, -0.05) is 140 Å². The summed E-state index contributed by atoms with van der Waals surface area (Å²) in [6, 6.07) is 18.5. The van der Waals surface area contributed by atoms with Gasteiger partial charge in [-0.3, -0.25) is 0 Å². The van der Waals surface area contributed by atoms with Crippen molar-refractivity contribution in [3.8, 4) is 0 Å². The maximum absolute atomic E-state index is 9.63. The SMILES string of the molecule is CCCCCCCCc1cccc(C(=C(CCCCCC)C(=C=[N+]=[N-])CCCC)c2ccc(CCCC)cc2)c1.CCCC[CH2][Ni][CH2]CCCC. The van der Waals surface area contributed by atoms with Gasteiger partial charge in [0.15, 0.2) is 0 Å². The molecule has 0 aliphatic rings. The van der Waals surface area contributed by atoms with Gasteiger partial charge in [-0.25, -0.2) is 0 Å². The van der Waals surface area contributed by atoms with Crippen LogP contribution in [0.3, 0.4) is 0 Å². The minimum absolute atomic E-state index is 0.888. The summed E-state index contributed by atoms with van der Waals surface area (Å²) in [6.07, 6.45) is 29.9. The van der Waals surface area contributed by atoms with Crippen molar-refractivity contribution in [2.75, 3.05) is 0 Å². The fourth-order valence-corrected chi connectivity index (χ4v) is 7.70. The third-order valence-electron chi connectivity index (χ3n) is 9.66. The van der Waals surface area contributed by atoms with E-state index in [4.69, 9.17) is 0 Å². The first-order valence-electron chi connectivity index (χ1n) is 21.4. The molecule has 0 spiro atoms. The second-order valence-electron chi connectivity index (χ2n) is 14.4. The monoisotopic (exact) mass is 741 g/mol. The van der Waals surface area contributed by atoms with E-state index in [1.54, 1.807) is 0 Å². The molecular weight excluding hydrogens is 663 g/mol. The Morgan fingerprint density at radius 2 is 1.08 bits per heavy atom. The van der Waals surface area contributed by atoms with Crippen molar-refractivity contribution < 1.29 is 19.2 Å². The molecule has 290 valence electrons. The van der Waals surface area contributed by atoms with Crippen molar-refractivity contribution in [3.05, 3.63) is 87.5 Å². The summed E-state index contributed by atoms with van der Waals surface area (Å²) in [5.41, 5.74) is 18.7. The summed E-state index contributed by atoms with van der Waals surface area (Å²) in [7, 11) is 0. The molecule has 0 aliphatic heterocycles. The van der Waals surface area contributed by atoms with Gasteiger partial charge in [0.05, 0.1) is 5.57 Å². The molecule has 0 N–H and O–H groups in total. The summed E-state index contributed by atoms with van der Waals surface area (Å²) >= 11 is 1.97. The van der Waals surface area contributed by atoms with Crippen LogP contribution in [0.2, 0.25) is 10.8 Å². The Kier molecular flexibility index (Phi) is 30.9. The van der Waals surface area contributed by atoms with Crippen LogP contribution in [0.5, 0.6) is 0 Å². The first kappa shape index (κ1) is 46.9. The first-order valence-corrected chi connectivity index (χ1v) is 22.8. The van der Waals surface area contributed by atoms with Crippen LogP contribution in [0, 0.1) is 0 Å². The number of hydrogen-bond donors (Lipinski definition) is 0. The van der Waals surface area contributed by atoms with Crippen molar-refractivity contribution in [3.63, 3.8) is 0 Å². The van der Waals surface area contributed by atoms with E-state index < -0.39 is 0 Å². The van der Waals surface area contributed by atoms with Gasteiger partial charge in [0.25, 0.3) is 0 Å². The van der Waals surface area contributed by atoms with Gasteiger partial charge in [-0.15, -0.1) is 4.79 Å². The number of allylic oxidation sites excluding steroid dienone is 2. The molecule has 0 heterocycles. The van der Waals surface area contributed by atoms with Crippen molar-refractivity contribution in [1.82, 2.24) is 0 Å². The fourth-order valence-electron chi connectivity index (χ4n) is 6.46. The quantitative estimate of drug-likeness (QED) is 0.0199. The summed E-state index contributed by atoms with van der Waals surface area (Å²) in [5.74, 6) is 3.03. The molecule has 51 heavy (non-hydrogen) atoms. The molecule has 0 saturated carbocycles. The first-order chi connectivity index (χ1) is 25.1. The molecule has 0 fully saturated rings. The molecule has 0 saturated heterocycles. The van der Waals surface area contributed by atoms with Crippen LogP contribution in [0.25, 0.3) is 11.1 Å². The third-order valence-corrected chi connectivity index (χ3v) is 11.1. The zero-order valence-corrected chi connectivity index (χ0v) is 35.2. The number of benzene rings is 2. The molecule has 2 aromatic carbocycles. The Bertz CT molecular complexity index is 1220. The molecule has 2 nitrogen and oxygen atoms in total. The molecule has 3 heteroatoms. The van der Waals surface area contributed by atoms with Crippen LogP contribution in [-0.4, -0.2) is 10.7 Å². The molecule has 0 amide bonds. The predicted molar refractivity (Wildman–Crippen MR) is 224 cm³/mol. The topological polar surface area (TPSA) is 36.4 Å². The molecule has 0 radical (unpaired) electrons. The van der Waals surface area contributed by atoms with E-state index in [9.17, 15) is 5.53 Å². The van der Waals surface area contributed by atoms with E-state index in [2.05, 4.69) is 101 Å². The Hall–Kier alpha value is -2.17. The molecule has 0 aromatic heterocycles. The minimum atomic E-state index is 0.888. The normalized spacial score (nSPS) is 11.4. The zero-order valence-electron chi connectivity index (χ0n) is 34.2. The number of rotatable bonds is 29. The summed E-state index contributed by atoms with van der Waals surface area (Å²) < 4.78 is 0. The van der Waals surface area contributed by atoms with Gasteiger partial charge in [-0.05, 0) is 84.8 Å². The van der Waals surface area contributed by atoms with Crippen molar-refractivity contribution in [2.24, 2.45) is 0 Å². The van der Waals surface area contributed by atoms with Gasteiger partial charge in [0, 0.05) is 0 Å². The molecule has 2 aromatic rings. The van der Waals surface area contributed by atoms with E-state index in [0.29, 0.717) is 0 Å². The molecule has 0 atom stereocenters. The molecular formula is C48H78N2Ni. The van der Waals surface area contributed by atoms with Gasteiger partial charge in [0.1, 0.15) is 0 Å². The Morgan fingerprint density at radius 3 is 1.69 bits per heavy atom. The van der Waals surface area contributed by atoms with E-state index in [1.165, 1.54) is 153 Å². The zero-order chi connectivity index (χ0) is 37.2. The van der Waals surface area contributed by atoms with Crippen LogP contribution < -0.4 is 0 Å². The van der Waals surface area contributed by atoms with E-state index in [1.807, 2.05) is 14.4 Å². The van der Waals surface area contributed by atoms with Gasteiger partial charge in [0.2, 0.25) is 0 Å². The molecule has 0 aliphatic carbocycles. The molecule has 0 unspecified atom stereocenters. The average Bonchev–Trinajstić information content (AvgIpc) is 3.15. The standard InChI is InChI=1S/C38H56N2.2C5H11.Ni/c1-5-9-13-15-16-17-21-33-22-19-24-35(30-33)38(34-28-26-32(27-29-34)20-11-7-3)37(25-18-14-10-6-2)36(31-40-39)23-12-8-4;2*1-3-5-4-2;/h19,22,24,26-30H,5-18,20-21,23,25H2,1-4H3;2*1,3-5H2,2H3;. The van der Waals surface area contributed by atoms with E-state index >= 15 is 0 Å². The Balaban J connectivity index is 0.00000101. The number of nitrogens with zero attached hydrogens (tertiary/aromatic N) is 2. The number of aryl methyl sites for hydroxylation is 2. The van der Waals surface area contributed by atoms with Gasteiger partial charge >= 0.3 is 83.5 Å².